The van der Waals surface area contributed by atoms with Crippen molar-refractivity contribution in [1.29, 1.82) is 0 Å². The number of nitrogens with one attached hydrogen (secondary N) is 1. The Kier molecular flexibility index (Phi) is 2.40. The van der Waals surface area contributed by atoms with Crippen LogP contribution >= 0.6 is 15.9 Å². The standard InChI is InChI=1S/C11H13BrFN/c1-11(2)6-14-5-7-9(13)4-3-8(12)10(7)11/h3-4,14H,5-6H2,1-2H3. The van der Waals surface area contributed by atoms with Crippen LogP contribution in [0.4, 0.5) is 4.39 Å². The second kappa shape index (κ2) is 3.31. The monoisotopic (exact) mass is 257 g/mol. The molecule has 0 amide bonds. The fourth-order valence-corrected chi connectivity index (χ4v) is 2.99. The summed E-state index contributed by atoms with van der Waals surface area (Å²) < 4.78 is 14.5. The fraction of sp³-hybridized carbons (Fsp3) is 0.455. The topological polar surface area (TPSA) is 12.0 Å². The number of hydrogen-bond donors (Lipinski definition) is 1. The molecule has 14 heavy (non-hydrogen) atoms. The van der Waals surface area contributed by atoms with E-state index in [0.717, 1.165) is 22.1 Å². The van der Waals surface area contributed by atoms with Crippen molar-refractivity contribution in [2.45, 2.75) is 25.8 Å². The van der Waals surface area contributed by atoms with Crippen LogP contribution in [0.15, 0.2) is 16.6 Å². The van der Waals surface area contributed by atoms with E-state index in [1.807, 2.05) is 0 Å². The first-order valence-electron chi connectivity index (χ1n) is 4.70. The molecule has 76 valence electrons. The van der Waals surface area contributed by atoms with Gasteiger partial charge < -0.3 is 5.32 Å². The summed E-state index contributed by atoms with van der Waals surface area (Å²) in [6, 6.07) is 3.31. The van der Waals surface area contributed by atoms with Crippen molar-refractivity contribution >= 4 is 15.9 Å². The van der Waals surface area contributed by atoms with Crippen LogP contribution in [0.5, 0.6) is 0 Å². The second-order valence-corrected chi connectivity index (χ2v) is 5.22. The van der Waals surface area contributed by atoms with E-state index in [0.29, 0.717) is 6.54 Å². The highest BCUT2D eigenvalue weighted by Gasteiger charge is 2.30. The molecular formula is C11H13BrFN. The van der Waals surface area contributed by atoms with Gasteiger partial charge in [0, 0.05) is 28.5 Å². The molecule has 1 N–H and O–H groups in total. The molecule has 1 aliphatic rings. The molecule has 1 aromatic carbocycles. The van der Waals surface area contributed by atoms with Gasteiger partial charge in [0.15, 0.2) is 0 Å². The zero-order chi connectivity index (χ0) is 10.3. The maximum Gasteiger partial charge on any atom is 0.128 e. The van der Waals surface area contributed by atoms with Gasteiger partial charge in [-0.3, -0.25) is 0 Å². The predicted molar refractivity (Wildman–Crippen MR) is 58.8 cm³/mol. The first kappa shape index (κ1) is 10.1. The van der Waals surface area contributed by atoms with Crippen LogP contribution in [0, 0.1) is 5.82 Å². The van der Waals surface area contributed by atoms with Gasteiger partial charge in [-0.15, -0.1) is 0 Å². The molecule has 1 aromatic rings. The molecule has 3 heteroatoms. The second-order valence-electron chi connectivity index (χ2n) is 4.37. The molecular weight excluding hydrogens is 245 g/mol. The smallest absolute Gasteiger partial charge is 0.128 e. The molecule has 0 saturated carbocycles. The van der Waals surface area contributed by atoms with Crippen molar-refractivity contribution in [3.8, 4) is 0 Å². The summed E-state index contributed by atoms with van der Waals surface area (Å²) in [6.45, 7) is 5.77. The number of hydrogen-bond acceptors (Lipinski definition) is 1. The molecule has 0 aromatic heterocycles. The molecule has 1 aliphatic heterocycles. The van der Waals surface area contributed by atoms with E-state index in [1.165, 1.54) is 6.07 Å². The number of halogens is 2. The van der Waals surface area contributed by atoms with E-state index in [1.54, 1.807) is 6.07 Å². The maximum absolute atomic E-state index is 13.5. The van der Waals surface area contributed by atoms with Gasteiger partial charge in [0.25, 0.3) is 0 Å². The van der Waals surface area contributed by atoms with Crippen molar-refractivity contribution in [2.75, 3.05) is 6.54 Å². The van der Waals surface area contributed by atoms with Crippen molar-refractivity contribution in [2.24, 2.45) is 0 Å². The Morgan fingerprint density at radius 2 is 2.14 bits per heavy atom. The average molecular weight is 258 g/mol. The SMILES string of the molecule is CC1(C)CNCc2c(F)ccc(Br)c21. The third-order valence-corrected chi connectivity index (χ3v) is 3.41. The Balaban J connectivity index is 2.67. The van der Waals surface area contributed by atoms with Gasteiger partial charge in [-0.2, -0.15) is 0 Å². The van der Waals surface area contributed by atoms with Gasteiger partial charge in [-0.25, -0.2) is 4.39 Å². The molecule has 0 radical (unpaired) electrons. The maximum atomic E-state index is 13.5. The van der Waals surface area contributed by atoms with Crippen LogP contribution in [0.1, 0.15) is 25.0 Å². The normalized spacial score (nSPS) is 19.1. The fourth-order valence-electron chi connectivity index (χ4n) is 2.09. The third-order valence-electron chi connectivity index (χ3n) is 2.75. The quantitative estimate of drug-likeness (QED) is 0.754. The van der Waals surface area contributed by atoms with Gasteiger partial charge in [-0.05, 0) is 17.7 Å². The summed E-state index contributed by atoms with van der Waals surface area (Å²) in [6.07, 6.45) is 0. The molecule has 0 fully saturated rings. The molecule has 1 heterocycles. The van der Waals surface area contributed by atoms with Crippen LogP contribution in [0.3, 0.4) is 0 Å². The molecule has 0 atom stereocenters. The van der Waals surface area contributed by atoms with Crippen LogP contribution in [0.25, 0.3) is 0 Å². The van der Waals surface area contributed by atoms with E-state index in [4.69, 9.17) is 0 Å². The van der Waals surface area contributed by atoms with E-state index in [2.05, 4.69) is 35.1 Å². The lowest BCUT2D eigenvalue weighted by atomic mass is 9.79. The van der Waals surface area contributed by atoms with Crippen molar-refractivity contribution < 1.29 is 4.39 Å². The van der Waals surface area contributed by atoms with Gasteiger partial charge >= 0.3 is 0 Å². The highest BCUT2D eigenvalue weighted by Crippen LogP contribution is 2.36. The summed E-state index contributed by atoms with van der Waals surface area (Å²) >= 11 is 3.50. The largest absolute Gasteiger partial charge is 0.312 e. The highest BCUT2D eigenvalue weighted by atomic mass is 79.9. The number of benzene rings is 1. The van der Waals surface area contributed by atoms with Crippen molar-refractivity contribution in [3.63, 3.8) is 0 Å². The van der Waals surface area contributed by atoms with Crippen LogP contribution < -0.4 is 5.32 Å². The lowest BCUT2D eigenvalue weighted by Gasteiger charge is -2.34. The molecule has 0 aliphatic carbocycles. The van der Waals surface area contributed by atoms with E-state index in [9.17, 15) is 4.39 Å². The summed E-state index contributed by atoms with van der Waals surface area (Å²) in [4.78, 5) is 0. The lowest BCUT2D eigenvalue weighted by Crippen LogP contribution is -2.39. The van der Waals surface area contributed by atoms with E-state index < -0.39 is 0 Å². The number of rotatable bonds is 0. The molecule has 1 nitrogen and oxygen atoms in total. The Bertz CT molecular complexity index is 374. The summed E-state index contributed by atoms with van der Waals surface area (Å²) in [5.74, 6) is -0.108. The van der Waals surface area contributed by atoms with Gasteiger partial charge in [0.05, 0.1) is 0 Å². The van der Waals surface area contributed by atoms with Gasteiger partial charge in [0.2, 0.25) is 0 Å². The Morgan fingerprint density at radius 1 is 1.43 bits per heavy atom. The minimum absolute atomic E-state index is 0.00544. The van der Waals surface area contributed by atoms with Crippen molar-refractivity contribution in [3.05, 3.63) is 33.5 Å². The first-order valence-corrected chi connectivity index (χ1v) is 5.50. The zero-order valence-electron chi connectivity index (χ0n) is 8.32. The lowest BCUT2D eigenvalue weighted by molar-refractivity contribution is 0.420. The first-order chi connectivity index (χ1) is 6.52. The van der Waals surface area contributed by atoms with Crippen molar-refractivity contribution in [1.82, 2.24) is 5.32 Å². The van der Waals surface area contributed by atoms with Crippen LogP contribution in [-0.4, -0.2) is 6.54 Å². The molecule has 2 rings (SSSR count). The molecule has 0 bridgehead atoms. The number of fused-ring (bicyclic) bond motifs is 1. The summed E-state index contributed by atoms with van der Waals surface area (Å²) in [7, 11) is 0. The molecule has 0 spiro atoms. The molecule has 0 saturated heterocycles. The third kappa shape index (κ3) is 1.48. The average Bonchev–Trinajstić information content (AvgIpc) is 2.10. The zero-order valence-corrected chi connectivity index (χ0v) is 9.91. The van der Waals surface area contributed by atoms with E-state index in [-0.39, 0.29) is 11.2 Å². The van der Waals surface area contributed by atoms with E-state index >= 15 is 0 Å². The Hall–Kier alpha value is -0.410. The predicted octanol–water partition coefficient (Wildman–Crippen LogP) is 2.97. The van der Waals surface area contributed by atoms with Gasteiger partial charge in [0.1, 0.15) is 5.82 Å². The van der Waals surface area contributed by atoms with Crippen LogP contribution in [0.2, 0.25) is 0 Å². The summed E-state index contributed by atoms with van der Waals surface area (Å²) in [5, 5.41) is 3.24. The van der Waals surface area contributed by atoms with Crippen LogP contribution in [-0.2, 0) is 12.0 Å². The summed E-state index contributed by atoms with van der Waals surface area (Å²) in [5.41, 5.74) is 1.90. The highest BCUT2D eigenvalue weighted by molar-refractivity contribution is 9.10. The minimum Gasteiger partial charge on any atom is -0.312 e. The Labute approximate surface area is 91.8 Å². The molecule has 0 unspecified atom stereocenters. The van der Waals surface area contributed by atoms with Gasteiger partial charge in [-0.1, -0.05) is 29.8 Å². The minimum atomic E-state index is -0.108. The Morgan fingerprint density at radius 3 is 2.79 bits per heavy atom.